The monoisotopic (exact) mass is 410 g/mol. The summed E-state index contributed by atoms with van der Waals surface area (Å²) in [5.41, 5.74) is 4.89. The lowest BCUT2D eigenvalue weighted by molar-refractivity contribution is 0.203. The summed E-state index contributed by atoms with van der Waals surface area (Å²) in [6.07, 6.45) is 8.41. The van der Waals surface area contributed by atoms with Gasteiger partial charge in [0, 0.05) is 23.5 Å². The van der Waals surface area contributed by atoms with Gasteiger partial charge in [0.25, 0.3) is 0 Å². The van der Waals surface area contributed by atoms with Crippen molar-refractivity contribution < 1.29 is 0 Å². The van der Waals surface area contributed by atoms with E-state index in [9.17, 15) is 0 Å². The van der Waals surface area contributed by atoms with Crippen molar-refractivity contribution in [2.45, 2.75) is 65.2 Å². The lowest BCUT2D eigenvalue weighted by Crippen LogP contribution is -2.26. The summed E-state index contributed by atoms with van der Waals surface area (Å²) < 4.78 is 7.44. The first-order chi connectivity index (χ1) is 14.0. The van der Waals surface area contributed by atoms with Gasteiger partial charge in [-0.05, 0) is 70.6 Å². The second-order valence-corrected chi connectivity index (χ2v) is 8.56. The van der Waals surface area contributed by atoms with Crippen molar-refractivity contribution in [3.8, 4) is 5.69 Å². The summed E-state index contributed by atoms with van der Waals surface area (Å²) in [6.45, 7) is 7.44. The van der Waals surface area contributed by atoms with Gasteiger partial charge in [0.1, 0.15) is 12.7 Å². The summed E-state index contributed by atoms with van der Waals surface area (Å²) >= 11 is 5.90. The SMILES string of the molecule is Cc1c(C)n(C2CCCC2)c(=S)n1CN(C)[C@H](C)c1ccc(-n2cncn2)cc1. The molecule has 1 saturated carbocycles. The molecule has 2 aromatic heterocycles. The zero-order chi connectivity index (χ0) is 20.5. The van der Waals surface area contributed by atoms with Crippen LogP contribution < -0.4 is 0 Å². The largest absolute Gasteiger partial charge is 0.318 e. The maximum Gasteiger partial charge on any atom is 0.181 e. The second kappa shape index (κ2) is 8.24. The third kappa shape index (κ3) is 3.81. The third-order valence-corrected chi connectivity index (χ3v) is 6.92. The Bertz CT molecular complexity index is 1010. The molecule has 2 heterocycles. The standard InChI is InChI=1S/C22H30N6S/c1-16-17(2)28(21-7-5-6-8-21)22(29)26(16)15-25(4)18(3)19-9-11-20(12-10-19)27-14-23-13-24-27/h9-14,18,21H,5-8,15H2,1-4H3/t18-/m1/s1. The second-order valence-electron chi connectivity index (χ2n) is 8.20. The number of hydrogen-bond acceptors (Lipinski definition) is 4. The van der Waals surface area contributed by atoms with Crippen LogP contribution in [0.1, 0.15) is 61.6 Å². The molecule has 0 saturated heterocycles. The van der Waals surface area contributed by atoms with Crippen molar-refractivity contribution >= 4 is 12.2 Å². The summed E-state index contributed by atoms with van der Waals surface area (Å²) in [4.78, 5) is 6.37. The quantitative estimate of drug-likeness (QED) is 0.538. The molecule has 0 N–H and O–H groups in total. The van der Waals surface area contributed by atoms with E-state index in [-0.39, 0.29) is 6.04 Å². The van der Waals surface area contributed by atoms with E-state index < -0.39 is 0 Å². The van der Waals surface area contributed by atoms with E-state index in [0.717, 1.165) is 17.1 Å². The number of nitrogens with zero attached hydrogens (tertiary/aromatic N) is 6. The van der Waals surface area contributed by atoms with Gasteiger partial charge >= 0.3 is 0 Å². The summed E-state index contributed by atoms with van der Waals surface area (Å²) in [6, 6.07) is 9.36. The molecule has 0 aliphatic heterocycles. The van der Waals surface area contributed by atoms with Crippen molar-refractivity contribution in [3.05, 3.63) is 58.6 Å². The molecule has 1 aliphatic rings. The maximum atomic E-state index is 5.90. The molecule has 1 aromatic carbocycles. The van der Waals surface area contributed by atoms with Crippen LogP contribution >= 0.6 is 12.2 Å². The Morgan fingerprint density at radius 3 is 2.45 bits per heavy atom. The average molecular weight is 411 g/mol. The molecule has 1 atom stereocenters. The van der Waals surface area contributed by atoms with Gasteiger partial charge in [0.05, 0.1) is 12.4 Å². The Labute approximate surface area is 177 Å². The third-order valence-electron chi connectivity index (χ3n) is 6.50. The molecule has 154 valence electrons. The van der Waals surface area contributed by atoms with Gasteiger partial charge in [-0.2, -0.15) is 5.10 Å². The number of rotatable bonds is 6. The fourth-order valence-electron chi connectivity index (χ4n) is 4.39. The van der Waals surface area contributed by atoms with Crippen LogP contribution in [0, 0.1) is 18.6 Å². The number of benzene rings is 1. The first-order valence-corrected chi connectivity index (χ1v) is 10.8. The van der Waals surface area contributed by atoms with Crippen molar-refractivity contribution in [1.82, 2.24) is 28.8 Å². The Kier molecular flexibility index (Phi) is 5.69. The molecule has 0 unspecified atom stereocenters. The van der Waals surface area contributed by atoms with Crippen molar-refractivity contribution in [2.75, 3.05) is 7.05 Å². The Morgan fingerprint density at radius 1 is 1.14 bits per heavy atom. The van der Waals surface area contributed by atoms with Gasteiger partial charge in [-0.25, -0.2) is 9.67 Å². The highest BCUT2D eigenvalue weighted by atomic mass is 32.1. The van der Waals surface area contributed by atoms with Gasteiger partial charge in [-0.1, -0.05) is 25.0 Å². The number of hydrogen-bond donors (Lipinski definition) is 0. The van der Waals surface area contributed by atoms with Crippen LogP contribution in [0.5, 0.6) is 0 Å². The average Bonchev–Trinajstić information content (AvgIpc) is 3.48. The first kappa shape index (κ1) is 20.0. The zero-order valence-corrected chi connectivity index (χ0v) is 18.6. The predicted octanol–water partition coefficient (Wildman–Crippen LogP) is 4.98. The van der Waals surface area contributed by atoms with Crippen LogP contribution in [-0.2, 0) is 6.67 Å². The van der Waals surface area contributed by atoms with Crippen molar-refractivity contribution in [1.29, 1.82) is 0 Å². The molecule has 7 heteroatoms. The Balaban J connectivity index is 1.52. The zero-order valence-electron chi connectivity index (χ0n) is 17.7. The van der Waals surface area contributed by atoms with Crippen LogP contribution in [-0.4, -0.2) is 35.8 Å². The van der Waals surface area contributed by atoms with Crippen LogP contribution in [0.3, 0.4) is 0 Å². The van der Waals surface area contributed by atoms with Crippen LogP contribution in [0.25, 0.3) is 5.69 Å². The molecule has 0 spiro atoms. The smallest absolute Gasteiger partial charge is 0.181 e. The molecule has 1 aliphatic carbocycles. The van der Waals surface area contributed by atoms with E-state index in [2.05, 4.69) is 76.2 Å². The van der Waals surface area contributed by atoms with Crippen LogP contribution in [0.4, 0.5) is 0 Å². The molecular weight excluding hydrogens is 380 g/mol. The van der Waals surface area contributed by atoms with Crippen molar-refractivity contribution in [3.63, 3.8) is 0 Å². The van der Waals surface area contributed by atoms with Gasteiger partial charge in [0.15, 0.2) is 4.77 Å². The highest BCUT2D eigenvalue weighted by Crippen LogP contribution is 2.32. The van der Waals surface area contributed by atoms with E-state index in [4.69, 9.17) is 12.2 Å². The van der Waals surface area contributed by atoms with E-state index in [1.165, 1.54) is 42.6 Å². The minimum atomic E-state index is 0.274. The predicted molar refractivity (Wildman–Crippen MR) is 118 cm³/mol. The van der Waals surface area contributed by atoms with Gasteiger partial charge in [-0.3, -0.25) is 4.90 Å². The van der Waals surface area contributed by atoms with E-state index in [0.29, 0.717) is 6.04 Å². The summed E-state index contributed by atoms with van der Waals surface area (Å²) in [7, 11) is 2.17. The highest BCUT2D eigenvalue weighted by molar-refractivity contribution is 7.71. The lowest BCUT2D eigenvalue weighted by atomic mass is 10.1. The molecule has 6 nitrogen and oxygen atoms in total. The highest BCUT2D eigenvalue weighted by Gasteiger charge is 2.23. The first-order valence-electron chi connectivity index (χ1n) is 10.4. The normalized spacial score (nSPS) is 16.0. The van der Waals surface area contributed by atoms with Crippen LogP contribution in [0.15, 0.2) is 36.9 Å². The van der Waals surface area contributed by atoms with E-state index in [1.54, 1.807) is 17.3 Å². The topological polar surface area (TPSA) is 43.8 Å². The molecular formula is C22H30N6S. The molecule has 0 bridgehead atoms. The van der Waals surface area contributed by atoms with Gasteiger partial charge < -0.3 is 9.13 Å². The number of aromatic nitrogens is 5. The van der Waals surface area contributed by atoms with Gasteiger partial charge in [-0.15, -0.1) is 0 Å². The minimum absolute atomic E-state index is 0.274. The number of imidazole rings is 1. The Morgan fingerprint density at radius 2 is 1.83 bits per heavy atom. The molecule has 29 heavy (non-hydrogen) atoms. The molecule has 4 rings (SSSR count). The lowest BCUT2D eigenvalue weighted by Gasteiger charge is -2.26. The van der Waals surface area contributed by atoms with E-state index >= 15 is 0 Å². The van der Waals surface area contributed by atoms with Crippen molar-refractivity contribution in [2.24, 2.45) is 0 Å². The minimum Gasteiger partial charge on any atom is -0.318 e. The van der Waals surface area contributed by atoms with Crippen LogP contribution in [0.2, 0.25) is 0 Å². The maximum absolute atomic E-state index is 5.90. The molecule has 0 amide bonds. The molecule has 1 fully saturated rings. The summed E-state index contributed by atoms with van der Waals surface area (Å²) in [5.74, 6) is 0. The van der Waals surface area contributed by atoms with E-state index in [1.807, 2.05) is 0 Å². The fourth-order valence-corrected chi connectivity index (χ4v) is 4.87. The Hall–Kier alpha value is -2.25. The molecule has 3 aromatic rings. The fraction of sp³-hybridized carbons (Fsp3) is 0.500. The van der Waals surface area contributed by atoms with Gasteiger partial charge in [0.2, 0.25) is 0 Å². The molecule has 0 radical (unpaired) electrons. The summed E-state index contributed by atoms with van der Waals surface area (Å²) in [5, 5.41) is 4.19.